The first-order chi connectivity index (χ1) is 7.45. The molecule has 0 fully saturated rings. The summed E-state index contributed by atoms with van der Waals surface area (Å²) in [5.74, 6) is -1.95. The van der Waals surface area contributed by atoms with Gasteiger partial charge in [0.2, 0.25) is 0 Å². The Kier molecular flexibility index (Phi) is 3.78. The topological polar surface area (TPSA) is 69.4 Å². The Morgan fingerprint density at radius 3 is 2.75 bits per heavy atom. The number of carbonyl (C=O) groups is 1. The SMILES string of the molecule is CCc1cc(Cl)c(C(=O)O[N+](=O)[O-])cc1F. The number of benzene rings is 1. The van der Waals surface area contributed by atoms with Gasteiger partial charge in [-0.2, -0.15) is 0 Å². The minimum absolute atomic E-state index is 0.0786. The van der Waals surface area contributed by atoms with Crippen LogP contribution in [0.4, 0.5) is 4.39 Å². The van der Waals surface area contributed by atoms with E-state index in [-0.39, 0.29) is 10.6 Å². The van der Waals surface area contributed by atoms with Gasteiger partial charge < -0.3 is 0 Å². The molecule has 0 aromatic heterocycles. The van der Waals surface area contributed by atoms with Crippen LogP contribution in [-0.2, 0) is 11.3 Å². The molecule has 0 saturated heterocycles. The summed E-state index contributed by atoms with van der Waals surface area (Å²) < 4.78 is 13.3. The molecule has 16 heavy (non-hydrogen) atoms. The third-order valence-corrected chi connectivity index (χ3v) is 2.21. The third kappa shape index (κ3) is 2.66. The molecular weight excluding hydrogens is 241 g/mol. The summed E-state index contributed by atoms with van der Waals surface area (Å²) in [4.78, 5) is 24.7. The first-order valence-electron chi connectivity index (χ1n) is 4.30. The van der Waals surface area contributed by atoms with E-state index in [2.05, 4.69) is 4.84 Å². The maximum absolute atomic E-state index is 13.3. The van der Waals surface area contributed by atoms with E-state index in [9.17, 15) is 19.3 Å². The van der Waals surface area contributed by atoms with Gasteiger partial charge in [0.25, 0.3) is 0 Å². The van der Waals surface area contributed by atoms with Crippen LogP contribution in [0, 0.1) is 15.9 Å². The summed E-state index contributed by atoms with van der Waals surface area (Å²) in [6.07, 6.45) is 0.399. The summed E-state index contributed by atoms with van der Waals surface area (Å²) in [6, 6.07) is 2.07. The van der Waals surface area contributed by atoms with E-state index in [1.165, 1.54) is 6.07 Å². The van der Waals surface area contributed by atoms with Gasteiger partial charge in [0.15, 0.2) is 0 Å². The average molecular weight is 248 g/mol. The highest BCUT2D eigenvalue weighted by atomic mass is 35.5. The van der Waals surface area contributed by atoms with Crippen molar-refractivity contribution < 1.29 is 19.1 Å². The van der Waals surface area contributed by atoms with Gasteiger partial charge in [0.05, 0.1) is 10.6 Å². The number of rotatable bonds is 3. The van der Waals surface area contributed by atoms with E-state index in [4.69, 9.17) is 11.6 Å². The lowest BCUT2D eigenvalue weighted by atomic mass is 10.1. The van der Waals surface area contributed by atoms with Crippen molar-refractivity contribution in [3.8, 4) is 0 Å². The van der Waals surface area contributed by atoms with E-state index < -0.39 is 16.9 Å². The van der Waals surface area contributed by atoms with Gasteiger partial charge in [-0.25, -0.2) is 9.23 Å². The lowest BCUT2D eigenvalue weighted by molar-refractivity contribution is -0.727. The van der Waals surface area contributed by atoms with E-state index >= 15 is 0 Å². The van der Waals surface area contributed by atoms with Crippen LogP contribution in [0.5, 0.6) is 0 Å². The van der Waals surface area contributed by atoms with E-state index in [1.54, 1.807) is 6.92 Å². The third-order valence-electron chi connectivity index (χ3n) is 1.89. The highest BCUT2D eigenvalue weighted by molar-refractivity contribution is 6.33. The Bertz CT molecular complexity index is 449. The van der Waals surface area contributed by atoms with Crippen molar-refractivity contribution in [1.29, 1.82) is 0 Å². The number of halogens is 2. The highest BCUT2D eigenvalue weighted by Crippen LogP contribution is 2.22. The van der Waals surface area contributed by atoms with Crippen LogP contribution >= 0.6 is 11.6 Å². The van der Waals surface area contributed by atoms with Gasteiger partial charge in [-0.3, -0.25) is 4.79 Å². The Balaban J connectivity index is 3.10. The highest BCUT2D eigenvalue weighted by Gasteiger charge is 2.17. The minimum atomic E-state index is -1.29. The molecule has 0 atom stereocenters. The van der Waals surface area contributed by atoms with Crippen LogP contribution in [0.25, 0.3) is 0 Å². The molecule has 0 spiro atoms. The first kappa shape index (κ1) is 12.4. The number of aryl methyl sites for hydroxylation is 1. The van der Waals surface area contributed by atoms with Gasteiger partial charge in [-0.15, -0.1) is 10.1 Å². The summed E-state index contributed by atoms with van der Waals surface area (Å²) in [7, 11) is 0. The molecule has 0 heterocycles. The molecule has 0 radical (unpaired) electrons. The molecule has 86 valence electrons. The van der Waals surface area contributed by atoms with E-state index in [0.717, 1.165) is 6.07 Å². The molecule has 0 aliphatic carbocycles. The van der Waals surface area contributed by atoms with Crippen molar-refractivity contribution in [2.24, 2.45) is 0 Å². The van der Waals surface area contributed by atoms with E-state index in [0.29, 0.717) is 12.0 Å². The van der Waals surface area contributed by atoms with Gasteiger partial charge in [0.1, 0.15) is 5.82 Å². The second kappa shape index (κ2) is 4.89. The van der Waals surface area contributed by atoms with Gasteiger partial charge >= 0.3 is 11.1 Å². The van der Waals surface area contributed by atoms with Crippen molar-refractivity contribution in [2.45, 2.75) is 13.3 Å². The normalized spacial score (nSPS) is 9.94. The Morgan fingerprint density at radius 2 is 2.25 bits per heavy atom. The Hall–Kier alpha value is -1.69. The molecule has 0 bridgehead atoms. The number of carbonyl (C=O) groups excluding carboxylic acids is 1. The smallest absolute Gasteiger partial charge is 0.262 e. The van der Waals surface area contributed by atoms with Gasteiger partial charge in [-0.05, 0) is 24.1 Å². The first-order valence-corrected chi connectivity index (χ1v) is 4.68. The number of nitrogens with zero attached hydrogens (tertiary/aromatic N) is 1. The molecule has 1 rings (SSSR count). The molecule has 0 N–H and O–H groups in total. The van der Waals surface area contributed by atoms with Crippen LogP contribution < -0.4 is 0 Å². The molecular formula is C9H7ClFNO4. The predicted molar refractivity (Wildman–Crippen MR) is 53.2 cm³/mol. The van der Waals surface area contributed by atoms with Crippen LogP contribution in [0.3, 0.4) is 0 Å². The quantitative estimate of drug-likeness (QED) is 0.607. The molecule has 7 heteroatoms. The van der Waals surface area contributed by atoms with Crippen LogP contribution in [0.1, 0.15) is 22.8 Å². The Morgan fingerprint density at radius 1 is 1.62 bits per heavy atom. The van der Waals surface area contributed by atoms with Crippen molar-refractivity contribution >= 4 is 17.6 Å². The second-order valence-corrected chi connectivity index (χ2v) is 3.29. The lowest BCUT2D eigenvalue weighted by Gasteiger charge is -2.05. The van der Waals surface area contributed by atoms with Crippen molar-refractivity contribution in [3.63, 3.8) is 0 Å². The van der Waals surface area contributed by atoms with Crippen LogP contribution in [-0.4, -0.2) is 11.1 Å². The predicted octanol–water partition coefficient (Wildman–Crippen LogP) is 2.39. The zero-order valence-electron chi connectivity index (χ0n) is 8.20. The zero-order chi connectivity index (χ0) is 12.3. The van der Waals surface area contributed by atoms with Crippen LogP contribution in [0.15, 0.2) is 12.1 Å². The maximum atomic E-state index is 13.3. The van der Waals surface area contributed by atoms with Gasteiger partial charge in [-0.1, -0.05) is 18.5 Å². The summed E-state index contributed by atoms with van der Waals surface area (Å²) in [6.45, 7) is 1.71. The van der Waals surface area contributed by atoms with Gasteiger partial charge in [0, 0.05) is 0 Å². The van der Waals surface area contributed by atoms with Crippen molar-refractivity contribution in [1.82, 2.24) is 0 Å². The van der Waals surface area contributed by atoms with Crippen molar-refractivity contribution in [3.05, 3.63) is 44.2 Å². The Labute approximate surface area is 94.9 Å². The molecule has 1 aromatic rings. The fourth-order valence-corrected chi connectivity index (χ4v) is 1.40. The summed E-state index contributed by atoms with van der Waals surface area (Å²) in [5.41, 5.74) is -0.0456. The summed E-state index contributed by atoms with van der Waals surface area (Å²) in [5, 5.41) is 8.58. The molecule has 0 aliphatic heterocycles. The molecule has 0 saturated carbocycles. The molecule has 0 amide bonds. The monoisotopic (exact) mass is 247 g/mol. The zero-order valence-corrected chi connectivity index (χ0v) is 8.95. The number of hydrogen-bond donors (Lipinski definition) is 0. The lowest BCUT2D eigenvalue weighted by Crippen LogP contribution is -2.11. The largest absolute Gasteiger partial charge is 0.336 e. The van der Waals surface area contributed by atoms with Crippen LogP contribution in [0.2, 0.25) is 5.02 Å². The fraction of sp³-hybridized carbons (Fsp3) is 0.222. The molecule has 0 unspecified atom stereocenters. The van der Waals surface area contributed by atoms with Crippen molar-refractivity contribution in [2.75, 3.05) is 0 Å². The minimum Gasteiger partial charge on any atom is -0.262 e. The standard InChI is InChI=1S/C9H7ClFNO4/c1-2-5-3-7(10)6(4-8(5)11)9(13)16-12(14)15/h3-4H,2H2,1H3. The molecule has 5 nitrogen and oxygen atoms in total. The maximum Gasteiger partial charge on any atom is 0.336 e. The van der Waals surface area contributed by atoms with E-state index in [1.807, 2.05) is 0 Å². The fourth-order valence-electron chi connectivity index (χ4n) is 1.13. The molecule has 1 aromatic carbocycles. The number of hydrogen-bond acceptors (Lipinski definition) is 4. The molecule has 0 aliphatic rings. The second-order valence-electron chi connectivity index (χ2n) is 2.88. The average Bonchev–Trinajstić information content (AvgIpc) is 2.19. The summed E-state index contributed by atoms with van der Waals surface area (Å²) >= 11 is 5.67.